The van der Waals surface area contributed by atoms with Gasteiger partial charge in [-0.25, -0.2) is 0 Å². The lowest BCUT2D eigenvalue weighted by molar-refractivity contribution is -0.913. The Bertz CT molecular complexity index is 684. The molecule has 3 N–H and O–H groups in total. The summed E-state index contributed by atoms with van der Waals surface area (Å²) in [6.07, 6.45) is 0. The van der Waals surface area contributed by atoms with Crippen molar-refractivity contribution in [1.82, 2.24) is 0 Å². The van der Waals surface area contributed by atoms with Crippen molar-refractivity contribution in [2.45, 2.75) is 6.54 Å². The van der Waals surface area contributed by atoms with Gasteiger partial charge in [0.15, 0.2) is 5.84 Å². The van der Waals surface area contributed by atoms with E-state index in [1.165, 1.54) is 0 Å². The number of quaternary nitrogens is 1. The van der Waals surface area contributed by atoms with Crippen LogP contribution in [0.4, 0.5) is 5.69 Å². The van der Waals surface area contributed by atoms with Crippen molar-refractivity contribution < 1.29 is 4.86 Å². The van der Waals surface area contributed by atoms with Gasteiger partial charge in [0.25, 0.3) is 0 Å². The summed E-state index contributed by atoms with van der Waals surface area (Å²) < 4.78 is 0. The molecule has 6 heteroatoms. The first-order valence-corrected chi connectivity index (χ1v) is 6.50. The van der Waals surface area contributed by atoms with E-state index in [9.17, 15) is 5.21 Å². The molecule has 20 heavy (non-hydrogen) atoms. The van der Waals surface area contributed by atoms with Crippen LogP contribution >= 0.6 is 11.6 Å². The number of nitrogens with one attached hydrogen (secondary N) is 1. The lowest BCUT2D eigenvalue weighted by Gasteiger charge is -2.34. The first-order chi connectivity index (χ1) is 9.53. The van der Waals surface area contributed by atoms with E-state index in [0.717, 1.165) is 16.8 Å². The summed E-state index contributed by atoms with van der Waals surface area (Å²) in [6.45, 7) is 0.122. The Morgan fingerprint density at radius 2 is 2.00 bits per heavy atom. The van der Waals surface area contributed by atoms with Gasteiger partial charge >= 0.3 is 0 Å². The molecule has 0 spiro atoms. The average Bonchev–Trinajstić information content (AvgIpc) is 2.37. The Hall–Kier alpha value is -1.92. The molecule has 0 saturated heterocycles. The monoisotopic (exact) mass is 288 g/mol. The van der Waals surface area contributed by atoms with Gasteiger partial charge in [-0.15, -0.1) is 0 Å². The maximum absolute atomic E-state index is 12.0. The summed E-state index contributed by atoms with van der Waals surface area (Å²) in [5.74, 6) is 6.05. The SMILES string of the molecule is N[N+]1([O-])Cc2ccccc2C(Nc2cccc(Cl)c2)=N1. The molecule has 0 saturated carbocycles. The van der Waals surface area contributed by atoms with E-state index in [2.05, 4.69) is 10.4 Å². The summed E-state index contributed by atoms with van der Waals surface area (Å²) >= 11 is 5.95. The van der Waals surface area contributed by atoms with E-state index < -0.39 is 4.86 Å². The van der Waals surface area contributed by atoms with Crippen molar-refractivity contribution >= 4 is 23.1 Å². The second-order valence-corrected chi connectivity index (χ2v) is 5.09. The number of fused-ring (bicyclic) bond motifs is 1. The minimum Gasteiger partial charge on any atom is -0.584 e. The summed E-state index contributed by atoms with van der Waals surface area (Å²) in [7, 11) is 0. The average molecular weight is 289 g/mol. The number of halogens is 1. The molecule has 5 nitrogen and oxygen atoms in total. The van der Waals surface area contributed by atoms with Gasteiger partial charge in [0.05, 0.1) is 0 Å². The molecular formula is C14H13ClN4O. The summed E-state index contributed by atoms with van der Waals surface area (Å²) in [5, 5.41) is 19.7. The molecule has 2 aromatic carbocycles. The van der Waals surface area contributed by atoms with Crippen molar-refractivity contribution in [2.24, 2.45) is 10.9 Å². The Balaban J connectivity index is 2.00. The molecule has 102 valence electrons. The van der Waals surface area contributed by atoms with Gasteiger partial charge in [-0.2, -0.15) is 10.7 Å². The van der Waals surface area contributed by atoms with Crippen LogP contribution in [-0.4, -0.2) is 10.7 Å². The third kappa shape index (κ3) is 2.66. The minimum absolute atomic E-state index is 0.122. The van der Waals surface area contributed by atoms with E-state index in [4.69, 9.17) is 17.4 Å². The zero-order valence-corrected chi connectivity index (χ0v) is 11.3. The van der Waals surface area contributed by atoms with Gasteiger partial charge < -0.3 is 10.5 Å². The third-order valence-corrected chi connectivity index (χ3v) is 3.26. The number of rotatable bonds is 1. The zero-order chi connectivity index (χ0) is 14.2. The molecule has 1 aliphatic heterocycles. The molecule has 2 aromatic rings. The molecule has 0 radical (unpaired) electrons. The smallest absolute Gasteiger partial charge is 0.196 e. The van der Waals surface area contributed by atoms with Gasteiger partial charge in [0.2, 0.25) is 0 Å². The van der Waals surface area contributed by atoms with Crippen molar-refractivity contribution in [3.8, 4) is 0 Å². The fourth-order valence-corrected chi connectivity index (χ4v) is 2.38. The number of benzene rings is 2. The highest BCUT2D eigenvalue weighted by atomic mass is 35.5. The van der Waals surface area contributed by atoms with Crippen molar-refractivity contribution in [2.75, 3.05) is 5.32 Å². The summed E-state index contributed by atoms with van der Waals surface area (Å²) in [6, 6.07) is 14.8. The van der Waals surface area contributed by atoms with Crippen molar-refractivity contribution in [3.63, 3.8) is 0 Å². The van der Waals surface area contributed by atoms with Crippen molar-refractivity contribution in [3.05, 3.63) is 69.9 Å². The van der Waals surface area contributed by atoms with Crippen LogP contribution in [0.1, 0.15) is 11.1 Å². The molecule has 0 amide bonds. The number of nitrogens with zero attached hydrogens (tertiary/aromatic N) is 2. The quantitative estimate of drug-likeness (QED) is 0.481. The normalized spacial score (nSPS) is 21.1. The van der Waals surface area contributed by atoms with Crippen LogP contribution < -0.4 is 11.2 Å². The molecule has 0 bridgehead atoms. The van der Waals surface area contributed by atoms with Crippen LogP contribution in [-0.2, 0) is 6.54 Å². The van der Waals surface area contributed by atoms with E-state index in [0.29, 0.717) is 10.9 Å². The largest absolute Gasteiger partial charge is 0.584 e. The zero-order valence-electron chi connectivity index (χ0n) is 10.6. The minimum atomic E-state index is -1.17. The third-order valence-electron chi connectivity index (χ3n) is 3.03. The molecule has 1 atom stereocenters. The second-order valence-electron chi connectivity index (χ2n) is 4.65. The molecule has 1 aliphatic rings. The van der Waals surface area contributed by atoms with Crippen LogP contribution in [0.25, 0.3) is 0 Å². The lowest BCUT2D eigenvalue weighted by Crippen LogP contribution is -2.47. The van der Waals surface area contributed by atoms with E-state index in [-0.39, 0.29) is 6.54 Å². The summed E-state index contributed by atoms with van der Waals surface area (Å²) in [4.78, 5) is -1.17. The molecule has 0 aliphatic carbocycles. The van der Waals surface area contributed by atoms with Gasteiger partial charge in [0.1, 0.15) is 6.54 Å². The van der Waals surface area contributed by atoms with Gasteiger partial charge in [-0.1, -0.05) is 41.9 Å². The van der Waals surface area contributed by atoms with Crippen LogP contribution in [0, 0.1) is 5.21 Å². The van der Waals surface area contributed by atoms with Crippen LogP contribution in [0.5, 0.6) is 0 Å². The lowest BCUT2D eigenvalue weighted by atomic mass is 10.1. The molecule has 0 aromatic heterocycles. The Kier molecular flexibility index (Phi) is 3.19. The maximum atomic E-state index is 12.0. The fourth-order valence-electron chi connectivity index (χ4n) is 2.19. The van der Waals surface area contributed by atoms with Gasteiger partial charge in [-0.3, -0.25) is 0 Å². The van der Waals surface area contributed by atoms with E-state index >= 15 is 0 Å². The second kappa shape index (κ2) is 4.88. The maximum Gasteiger partial charge on any atom is 0.196 e. The Morgan fingerprint density at radius 1 is 1.20 bits per heavy atom. The highest BCUT2D eigenvalue weighted by molar-refractivity contribution is 6.31. The molecule has 0 fully saturated rings. The highest BCUT2D eigenvalue weighted by Crippen LogP contribution is 2.23. The Morgan fingerprint density at radius 3 is 2.80 bits per heavy atom. The fraction of sp³-hybridized carbons (Fsp3) is 0.0714. The number of amidine groups is 1. The molecule has 1 heterocycles. The number of nitrogens with two attached hydrogens (primary N) is 1. The number of anilines is 1. The number of hydrogen-bond donors (Lipinski definition) is 2. The predicted octanol–water partition coefficient (Wildman–Crippen LogP) is 2.82. The molecule has 3 rings (SSSR count). The summed E-state index contributed by atoms with van der Waals surface area (Å²) in [5.41, 5.74) is 2.50. The first kappa shape index (κ1) is 13.1. The van der Waals surface area contributed by atoms with Crippen LogP contribution in [0.3, 0.4) is 0 Å². The van der Waals surface area contributed by atoms with Gasteiger partial charge in [0, 0.05) is 21.8 Å². The standard InChI is InChI=1S/C14H13ClN4O/c15-11-5-3-6-12(8-11)17-14-13-7-2-1-4-10(13)9-19(16,20)18-14/h1-8H,9,16H2,(H,17,18). The van der Waals surface area contributed by atoms with Crippen molar-refractivity contribution in [1.29, 1.82) is 0 Å². The predicted molar refractivity (Wildman–Crippen MR) is 79.6 cm³/mol. The number of hydroxylamine groups is 1. The molecule has 1 unspecified atom stereocenters. The van der Waals surface area contributed by atoms with Crippen LogP contribution in [0.15, 0.2) is 53.6 Å². The Labute approximate surface area is 121 Å². The number of hydrogen-bond acceptors (Lipinski definition) is 4. The highest BCUT2D eigenvalue weighted by Gasteiger charge is 2.25. The van der Waals surface area contributed by atoms with Gasteiger partial charge in [-0.05, 0) is 23.3 Å². The molecular weight excluding hydrogens is 276 g/mol. The topological polar surface area (TPSA) is 73.5 Å². The van der Waals surface area contributed by atoms with E-state index in [1.54, 1.807) is 12.1 Å². The van der Waals surface area contributed by atoms with E-state index in [1.807, 2.05) is 36.4 Å². The first-order valence-electron chi connectivity index (χ1n) is 6.12. The van der Waals surface area contributed by atoms with Crippen LogP contribution in [0.2, 0.25) is 5.02 Å².